The van der Waals surface area contributed by atoms with Crippen LogP contribution in [-0.4, -0.2) is 21.1 Å². The molecule has 0 spiro atoms. The van der Waals surface area contributed by atoms with Crippen molar-refractivity contribution in [2.24, 2.45) is 4.99 Å². The predicted octanol–water partition coefficient (Wildman–Crippen LogP) is 5.06. The molecule has 0 aliphatic rings. The van der Waals surface area contributed by atoms with E-state index in [0.29, 0.717) is 5.04 Å². The fourth-order valence-corrected chi connectivity index (χ4v) is 2.65. The van der Waals surface area contributed by atoms with E-state index in [4.69, 9.17) is 4.43 Å². The van der Waals surface area contributed by atoms with Crippen molar-refractivity contribution in [2.75, 3.05) is 6.61 Å². The number of nitrogens with zero attached hydrogens (tertiary/aromatic N) is 1. The largest absolute Gasteiger partial charge is 0.417 e. The lowest BCUT2D eigenvalue weighted by atomic mass is 10.2. The van der Waals surface area contributed by atoms with E-state index in [9.17, 15) is 0 Å². The van der Waals surface area contributed by atoms with Crippen LogP contribution in [0.3, 0.4) is 0 Å². The van der Waals surface area contributed by atoms with Crippen LogP contribution >= 0.6 is 0 Å². The summed E-state index contributed by atoms with van der Waals surface area (Å²) in [7, 11) is -1.57. The van der Waals surface area contributed by atoms with Crippen molar-refractivity contribution in [3.05, 3.63) is 35.9 Å². The van der Waals surface area contributed by atoms with Crippen molar-refractivity contribution in [1.29, 1.82) is 0 Å². The van der Waals surface area contributed by atoms with Crippen LogP contribution < -0.4 is 0 Å². The molecular formula is C17H29NOSi. The van der Waals surface area contributed by atoms with Gasteiger partial charge in [0.25, 0.3) is 0 Å². The van der Waals surface area contributed by atoms with E-state index in [1.165, 1.54) is 5.56 Å². The van der Waals surface area contributed by atoms with Gasteiger partial charge in [-0.05, 0) is 42.8 Å². The molecular weight excluding hydrogens is 262 g/mol. The molecule has 3 heteroatoms. The molecule has 0 saturated carbocycles. The van der Waals surface area contributed by atoms with E-state index in [2.05, 4.69) is 63.1 Å². The Morgan fingerprint density at radius 1 is 1.15 bits per heavy atom. The van der Waals surface area contributed by atoms with Crippen LogP contribution in [-0.2, 0) is 11.0 Å². The average molecular weight is 292 g/mol. The fraction of sp³-hybridized carbons (Fsp3) is 0.588. The third kappa shape index (κ3) is 6.01. The topological polar surface area (TPSA) is 21.6 Å². The van der Waals surface area contributed by atoms with Gasteiger partial charge in [-0.25, -0.2) is 0 Å². The Morgan fingerprint density at radius 2 is 1.80 bits per heavy atom. The Morgan fingerprint density at radius 3 is 2.40 bits per heavy atom. The molecule has 1 aromatic carbocycles. The number of hydrogen-bond donors (Lipinski definition) is 0. The van der Waals surface area contributed by atoms with Crippen LogP contribution in [0.1, 0.15) is 39.2 Å². The fourth-order valence-electron chi connectivity index (χ4n) is 1.56. The molecule has 20 heavy (non-hydrogen) atoms. The van der Waals surface area contributed by atoms with E-state index >= 15 is 0 Å². The minimum Gasteiger partial charge on any atom is -0.417 e. The third-order valence-corrected chi connectivity index (χ3v) is 8.53. The molecule has 0 fully saturated rings. The lowest BCUT2D eigenvalue weighted by Gasteiger charge is -2.36. The summed E-state index contributed by atoms with van der Waals surface area (Å²) in [6.07, 6.45) is 4.09. The number of hydrogen-bond acceptors (Lipinski definition) is 2. The Balaban J connectivity index is 2.16. The Bertz CT molecular complexity index is 407. The van der Waals surface area contributed by atoms with Crippen molar-refractivity contribution < 1.29 is 4.43 Å². The summed E-state index contributed by atoms with van der Waals surface area (Å²) in [4.78, 5) is 4.46. The van der Waals surface area contributed by atoms with Crippen molar-refractivity contribution in [2.45, 2.75) is 58.3 Å². The second-order valence-electron chi connectivity index (χ2n) is 6.76. The first-order chi connectivity index (χ1) is 9.33. The quantitative estimate of drug-likeness (QED) is 0.391. The Labute approximate surface area is 125 Å². The zero-order chi connectivity index (χ0) is 15.1. The summed E-state index contributed by atoms with van der Waals surface area (Å²) in [6.45, 7) is 13.1. The smallest absolute Gasteiger partial charge is 0.191 e. The molecule has 0 bridgehead atoms. The van der Waals surface area contributed by atoms with Gasteiger partial charge >= 0.3 is 0 Å². The summed E-state index contributed by atoms with van der Waals surface area (Å²) < 4.78 is 6.14. The number of aliphatic imine (C=N–C) groups is 1. The maximum absolute atomic E-state index is 6.14. The zero-order valence-corrected chi connectivity index (χ0v) is 14.6. The minimum atomic E-state index is -1.57. The first-order valence-electron chi connectivity index (χ1n) is 7.49. The van der Waals surface area contributed by atoms with Gasteiger partial charge < -0.3 is 4.43 Å². The van der Waals surface area contributed by atoms with Crippen LogP contribution in [0.15, 0.2) is 35.3 Å². The van der Waals surface area contributed by atoms with Crippen molar-refractivity contribution in [3.63, 3.8) is 0 Å². The van der Waals surface area contributed by atoms with Crippen molar-refractivity contribution in [3.8, 4) is 0 Å². The third-order valence-electron chi connectivity index (χ3n) is 3.99. The van der Waals surface area contributed by atoms with Gasteiger partial charge in [0.2, 0.25) is 0 Å². The second kappa shape index (κ2) is 7.74. The molecule has 0 aliphatic carbocycles. The number of unbranched alkanes of at least 4 members (excludes halogenated alkanes) is 1. The molecule has 0 heterocycles. The molecule has 2 nitrogen and oxygen atoms in total. The molecule has 112 valence electrons. The summed E-state index contributed by atoms with van der Waals surface area (Å²) >= 11 is 0. The lowest BCUT2D eigenvalue weighted by molar-refractivity contribution is 0.285. The molecule has 0 N–H and O–H groups in total. The monoisotopic (exact) mass is 291 g/mol. The molecule has 0 radical (unpaired) electrons. The molecule has 0 amide bonds. The maximum Gasteiger partial charge on any atom is 0.191 e. The summed E-state index contributed by atoms with van der Waals surface area (Å²) in [5.74, 6) is 0. The van der Waals surface area contributed by atoms with Gasteiger partial charge in [-0.15, -0.1) is 0 Å². The maximum atomic E-state index is 6.14. The van der Waals surface area contributed by atoms with Crippen LogP contribution in [0.4, 0.5) is 0 Å². The summed E-state index contributed by atoms with van der Waals surface area (Å²) in [6, 6.07) is 10.4. The highest BCUT2D eigenvalue weighted by atomic mass is 28.4. The molecule has 1 rings (SSSR count). The van der Waals surface area contributed by atoms with Gasteiger partial charge in [0, 0.05) is 6.61 Å². The van der Waals surface area contributed by atoms with E-state index in [-0.39, 0.29) is 0 Å². The second-order valence-corrected chi connectivity index (χ2v) is 11.6. The molecule has 0 aromatic heterocycles. The lowest BCUT2D eigenvalue weighted by Crippen LogP contribution is -2.40. The van der Waals surface area contributed by atoms with Crippen molar-refractivity contribution in [1.82, 2.24) is 0 Å². The van der Waals surface area contributed by atoms with Crippen LogP contribution in [0.2, 0.25) is 18.1 Å². The molecule has 0 unspecified atom stereocenters. The first kappa shape index (κ1) is 17.1. The number of benzene rings is 1. The predicted molar refractivity (Wildman–Crippen MR) is 91.0 cm³/mol. The Hall–Kier alpha value is -0.933. The van der Waals surface area contributed by atoms with Gasteiger partial charge in [-0.2, -0.15) is 0 Å². The normalized spacial score (nSPS) is 13.1. The van der Waals surface area contributed by atoms with Gasteiger partial charge in [0.05, 0.1) is 6.54 Å². The Kier molecular flexibility index (Phi) is 6.63. The molecule has 0 saturated heterocycles. The average Bonchev–Trinajstić information content (AvgIpc) is 2.37. The standard InChI is InChI=1S/C17H29NOSi/c1-17(2,3)20(4,5)19-14-10-9-13-18-15-16-11-7-6-8-12-16/h6-8,11-13H,9-10,14-15H2,1-5H3. The van der Waals surface area contributed by atoms with Gasteiger partial charge in [0.15, 0.2) is 8.32 Å². The van der Waals surface area contributed by atoms with Gasteiger partial charge in [-0.1, -0.05) is 51.1 Å². The highest BCUT2D eigenvalue weighted by Gasteiger charge is 2.36. The SMILES string of the molecule is CC(C)(C)[Si](C)(C)OCCCC=NCc1ccccc1. The highest BCUT2D eigenvalue weighted by Crippen LogP contribution is 2.36. The van der Waals surface area contributed by atoms with Crippen LogP contribution in [0.25, 0.3) is 0 Å². The summed E-state index contributed by atoms with van der Waals surface area (Å²) in [5, 5.41) is 0.300. The van der Waals surface area contributed by atoms with Gasteiger partial charge in [-0.3, -0.25) is 4.99 Å². The van der Waals surface area contributed by atoms with E-state index in [1.807, 2.05) is 12.3 Å². The first-order valence-corrected chi connectivity index (χ1v) is 10.4. The molecule has 1 aromatic rings. The van der Waals surface area contributed by atoms with Crippen molar-refractivity contribution >= 4 is 14.5 Å². The van der Waals surface area contributed by atoms with Gasteiger partial charge in [0.1, 0.15) is 0 Å². The summed E-state index contributed by atoms with van der Waals surface area (Å²) in [5.41, 5.74) is 1.27. The zero-order valence-electron chi connectivity index (χ0n) is 13.6. The van der Waals surface area contributed by atoms with E-state index < -0.39 is 8.32 Å². The molecule has 0 aliphatic heterocycles. The van der Waals surface area contributed by atoms with E-state index in [1.54, 1.807) is 0 Å². The molecule has 0 atom stereocenters. The highest BCUT2D eigenvalue weighted by molar-refractivity contribution is 6.74. The van der Waals surface area contributed by atoms with Crippen LogP contribution in [0.5, 0.6) is 0 Å². The minimum absolute atomic E-state index is 0.300. The number of rotatable bonds is 7. The van der Waals surface area contributed by atoms with Crippen LogP contribution in [0, 0.1) is 0 Å². The van der Waals surface area contributed by atoms with E-state index in [0.717, 1.165) is 26.0 Å².